The van der Waals surface area contributed by atoms with Gasteiger partial charge in [0.05, 0.1) is 6.61 Å². The van der Waals surface area contributed by atoms with Crippen LogP contribution in [0, 0.1) is 5.92 Å². The van der Waals surface area contributed by atoms with Crippen LogP contribution in [0.1, 0.15) is 37.0 Å². The van der Waals surface area contributed by atoms with E-state index in [9.17, 15) is 14.4 Å². The molecule has 1 fully saturated rings. The SMILES string of the molecule is CCOC(=O)C(C)NC(=O)c1ccc(NC(=O)C2CCNCC2)cc1.Cl. The third kappa shape index (κ3) is 6.31. The molecule has 1 aromatic rings. The van der Waals surface area contributed by atoms with Crippen molar-refractivity contribution in [1.82, 2.24) is 10.6 Å². The lowest BCUT2D eigenvalue weighted by atomic mass is 9.97. The Bertz CT molecular complexity index is 615. The molecule has 3 N–H and O–H groups in total. The van der Waals surface area contributed by atoms with Gasteiger partial charge in [-0.05, 0) is 64.0 Å². The fourth-order valence-corrected chi connectivity index (χ4v) is 2.64. The summed E-state index contributed by atoms with van der Waals surface area (Å²) in [5.41, 5.74) is 1.06. The Morgan fingerprint density at radius 2 is 1.81 bits per heavy atom. The number of halogens is 1. The minimum Gasteiger partial charge on any atom is -0.464 e. The van der Waals surface area contributed by atoms with Gasteiger partial charge in [0, 0.05) is 17.2 Å². The molecule has 0 radical (unpaired) electrons. The van der Waals surface area contributed by atoms with Crippen LogP contribution in [0.4, 0.5) is 5.69 Å². The minimum atomic E-state index is -0.716. The number of ether oxygens (including phenoxy) is 1. The highest BCUT2D eigenvalue weighted by atomic mass is 35.5. The van der Waals surface area contributed by atoms with E-state index in [0.29, 0.717) is 11.3 Å². The van der Waals surface area contributed by atoms with Crippen LogP contribution < -0.4 is 16.0 Å². The second-order valence-electron chi connectivity index (χ2n) is 6.04. The van der Waals surface area contributed by atoms with E-state index in [2.05, 4.69) is 16.0 Å². The maximum atomic E-state index is 12.2. The number of benzene rings is 1. The normalized spacial score (nSPS) is 15.3. The fourth-order valence-electron chi connectivity index (χ4n) is 2.64. The summed E-state index contributed by atoms with van der Waals surface area (Å²) in [6, 6.07) is 5.88. The van der Waals surface area contributed by atoms with Gasteiger partial charge in [-0.2, -0.15) is 0 Å². The molecule has 1 aliphatic heterocycles. The van der Waals surface area contributed by atoms with Crippen molar-refractivity contribution in [3.63, 3.8) is 0 Å². The van der Waals surface area contributed by atoms with Gasteiger partial charge in [0.2, 0.25) is 5.91 Å². The van der Waals surface area contributed by atoms with Crippen molar-refractivity contribution in [3.05, 3.63) is 29.8 Å². The summed E-state index contributed by atoms with van der Waals surface area (Å²) < 4.78 is 4.86. The van der Waals surface area contributed by atoms with E-state index in [1.807, 2.05) is 0 Å². The predicted molar refractivity (Wildman–Crippen MR) is 101 cm³/mol. The van der Waals surface area contributed by atoms with Crippen molar-refractivity contribution in [2.24, 2.45) is 5.92 Å². The van der Waals surface area contributed by atoms with Gasteiger partial charge in [0.25, 0.3) is 5.91 Å². The molecule has 144 valence electrons. The van der Waals surface area contributed by atoms with Gasteiger partial charge in [0.1, 0.15) is 6.04 Å². The minimum absolute atomic E-state index is 0. The molecule has 2 amide bonds. The van der Waals surface area contributed by atoms with Gasteiger partial charge in [-0.1, -0.05) is 0 Å². The highest BCUT2D eigenvalue weighted by Gasteiger charge is 2.21. The Morgan fingerprint density at radius 3 is 2.38 bits per heavy atom. The molecule has 26 heavy (non-hydrogen) atoms. The maximum Gasteiger partial charge on any atom is 0.328 e. The van der Waals surface area contributed by atoms with Crippen molar-refractivity contribution in [2.45, 2.75) is 32.7 Å². The van der Waals surface area contributed by atoms with Gasteiger partial charge in [-0.25, -0.2) is 4.79 Å². The molecule has 2 rings (SSSR count). The van der Waals surface area contributed by atoms with Gasteiger partial charge in [0.15, 0.2) is 0 Å². The van der Waals surface area contributed by atoms with Crippen LogP contribution in [-0.2, 0) is 14.3 Å². The average Bonchev–Trinajstić information content (AvgIpc) is 2.63. The van der Waals surface area contributed by atoms with Gasteiger partial charge >= 0.3 is 5.97 Å². The first-order chi connectivity index (χ1) is 12.0. The van der Waals surface area contributed by atoms with Crippen LogP contribution in [-0.4, -0.2) is 43.5 Å². The molecule has 1 atom stereocenters. The van der Waals surface area contributed by atoms with Crippen LogP contribution in [0.3, 0.4) is 0 Å². The van der Waals surface area contributed by atoms with Crippen LogP contribution in [0.5, 0.6) is 0 Å². The maximum absolute atomic E-state index is 12.2. The van der Waals surface area contributed by atoms with Gasteiger partial charge in [-0.3, -0.25) is 9.59 Å². The number of piperidine rings is 1. The second kappa shape index (κ2) is 10.8. The lowest BCUT2D eigenvalue weighted by Crippen LogP contribution is -2.39. The van der Waals surface area contributed by atoms with E-state index < -0.39 is 12.0 Å². The van der Waals surface area contributed by atoms with E-state index in [0.717, 1.165) is 25.9 Å². The lowest BCUT2D eigenvalue weighted by Gasteiger charge is -2.21. The lowest BCUT2D eigenvalue weighted by molar-refractivity contribution is -0.144. The molecule has 0 bridgehead atoms. The number of hydrogen-bond donors (Lipinski definition) is 3. The molecule has 0 aromatic heterocycles. The van der Waals surface area contributed by atoms with E-state index in [1.165, 1.54) is 0 Å². The molecule has 0 saturated carbocycles. The summed E-state index contributed by atoms with van der Waals surface area (Å²) in [5.74, 6) is -0.803. The second-order valence-corrected chi connectivity index (χ2v) is 6.04. The molecule has 0 aliphatic carbocycles. The smallest absolute Gasteiger partial charge is 0.328 e. The molecule has 1 aliphatic rings. The summed E-state index contributed by atoms with van der Waals surface area (Å²) in [6.07, 6.45) is 1.66. The molecule has 1 saturated heterocycles. The van der Waals surface area contributed by atoms with Gasteiger partial charge < -0.3 is 20.7 Å². The van der Waals surface area contributed by atoms with Crippen molar-refractivity contribution < 1.29 is 19.1 Å². The van der Waals surface area contributed by atoms with Crippen LogP contribution in [0.15, 0.2) is 24.3 Å². The molecule has 7 nitrogen and oxygen atoms in total. The Kier molecular flexibility index (Phi) is 9.09. The largest absolute Gasteiger partial charge is 0.464 e. The van der Waals surface area contributed by atoms with Gasteiger partial charge in [-0.15, -0.1) is 12.4 Å². The summed E-state index contributed by atoms with van der Waals surface area (Å²) in [5, 5.41) is 8.69. The highest BCUT2D eigenvalue weighted by molar-refractivity contribution is 5.98. The number of hydrogen-bond acceptors (Lipinski definition) is 5. The number of carbonyl (C=O) groups is 3. The van der Waals surface area contributed by atoms with Crippen molar-refractivity contribution in [1.29, 1.82) is 0 Å². The van der Waals surface area contributed by atoms with Crippen molar-refractivity contribution in [2.75, 3.05) is 25.0 Å². The highest BCUT2D eigenvalue weighted by Crippen LogP contribution is 2.16. The average molecular weight is 384 g/mol. The van der Waals surface area contributed by atoms with Crippen LogP contribution in [0.2, 0.25) is 0 Å². The number of anilines is 1. The Balaban J connectivity index is 0.00000338. The zero-order chi connectivity index (χ0) is 18.2. The molecular formula is C18H26ClN3O4. The number of amides is 2. The third-order valence-electron chi connectivity index (χ3n) is 4.11. The molecular weight excluding hydrogens is 358 g/mol. The number of rotatable bonds is 6. The quantitative estimate of drug-likeness (QED) is 0.650. The topological polar surface area (TPSA) is 96.5 Å². The van der Waals surface area contributed by atoms with E-state index >= 15 is 0 Å². The summed E-state index contributed by atoms with van der Waals surface area (Å²) in [7, 11) is 0. The molecule has 0 spiro atoms. The molecule has 1 heterocycles. The van der Waals surface area contributed by atoms with Crippen molar-refractivity contribution in [3.8, 4) is 0 Å². The number of esters is 1. The summed E-state index contributed by atoms with van der Waals surface area (Å²) in [4.78, 5) is 35.9. The number of nitrogens with one attached hydrogen (secondary N) is 3. The first kappa shape index (κ1) is 21.9. The Morgan fingerprint density at radius 1 is 1.19 bits per heavy atom. The standard InChI is InChI=1S/C18H25N3O4.ClH/c1-3-25-18(24)12(2)20-16(22)13-4-6-15(7-5-13)21-17(23)14-8-10-19-11-9-14;/h4-7,12,14,19H,3,8-11H2,1-2H3,(H,20,22)(H,21,23);1H. The molecule has 1 unspecified atom stereocenters. The fraction of sp³-hybridized carbons (Fsp3) is 0.500. The number of carbonyl (C=O) groups excluding carboxylic acids is 3. The summed E-state index contributed by atoms with van der Waals surface area (Å²) >= 11 is 0. The van der Waals surface area contributed by atoms with E-state index in [1.54, 1.807) is 38.1 Å². The molecule has 1 aromatic carbocycles. The Hall–Kier alpha value is -2.12. The van der Waals surface area contributed by atoms with Crippen LogP contribution in [0.25, 0.3) is 0 Å². The zero-order valence-corrected chi connectivity index (χ0v) is 15.9. The third-order valence-corrected chi connectivity index (χ3v) is 4.11. The van der Waals surface area contributed by atoms with Crippen LogP contribution >= 0.6 is 12.4 Å². The van der Waals surface area contributed by atoms with E-state index in [4.69, 9.17) is 4.74 Å². The first-order valence-corrected chi connectivity index (χ1v) is 8.60. The molecule has 8 heteroatoms. The zero-order valence-electron chi connectivity index (χ0n) is 15.0. The van der Waals surface area contributed by atoms with E-state index in [-0.39, 0.29) is 36.7 Å². The Labute approximate surface area is 159 Å². The monoisotopic (exact) mass is 383 g/mol. The summed E-state index contributed by atoms with van der Waals surface area (Å²) in [6.45, 7) is 5.27. The first-order valence-electron chi connectivity index (χ1n) is 8.60. The predicted octanol–water partition coefficient (Wildman–Crippen LogP) is 1.73. The van der Waals surface area contributed by atoms with Crippen molar-refractivity contribution >= 4 is 35.9 Å².